The van der Waals surface area contributed by atoms with Crippen LogP contribution >= 0.6 is 0 Å². The fourth-order valence-electron chi connectivity index (χ4n) is 3.31. The van der Waals surface area contributed by atoms with E-state index in [0.29, 0.717) is 5.56 Å². The Morgan fingerprint density at radius 3 is 2.38 bits per heavy atom. The molecule has 11 heteroatoms. The number of hydrogen-bond donors (Lipinski definition) is 5. The second-order valence-corrected chi connectivity index (χ2v) is 7.18. The van der Waals surface area contributed by atoms with Crippen LogP contribution in [0.2, 0.25) is 0 Å². The largest absolute Gasteiger partial charge is 0.461 e. The minimum absolute atomic E-state index is 0.157. The van der Waals surface area contributed by atoms with Gasteiger partial charge in [0, 0.05) is 12.6 Å². The third-order valence-corrected chi connectivity index (χ3v) is 5.06. The van der Waals surface area contributed by atoms with Crippen molar-refractivity contribution in [2.24, 2.45) is 0 Å². The Kier molecular flexibility index (Phi) is 7.06. The molecule has 0 unspecified atom stereocenters. The van der Waals surface area contributed by atoms with Crippen LogP contribution in [0.4, 0.5) is 13.2 Å². The normalized spacial score (nSPS) is 25.9. The van der Waals surface area contributed by atoms with E-state index in [1.165, 1.54) is 31.3 Å². The van der Waals surface area contributed by atoms with Crippen LogP contribution < -0.4 is 10.1 Å². The van der Waals surface area contributed by atoms with Crippen LogP contribution in [0.5, 0.6) is 5.75 Å². The molecule has 2 aromatic rings. The van der Waals surface area contributed by atoms with Gasteiger partial charge in [0.15, 0.2) is 0 Å². The number of aliphatic hydroxyl groups excluding tert-OH is 4. The smallest absolute Gasteiger partial charge is 0.419 e. The minimum atomic E-state index is -4.85. The Morgan fingerprint density at radius 2 is 1.75 bits per heavy atom. The first-order valence-electron chi connectivity index (χ1n) is 9.57. The van der Waals surface area contributed by atoms with E-state index in [9.17, 15) is 38.4 Å². The highest BCUT2D eigenvalue weighted by Crippen LogP contribution is 2.40. The van der Waals surface area contributed by atoms with Crippen LogP contribution in [0.1, 0.15) is 15.9 Å². The Balaban J connectivity index is 1.96. The minimum Gasteiger partial charge on any atom is -0.461 e. The molecule has 0 radical (unpaired) electrons. The summed E-state index contributed by atoms with van der Waals surface area (Å²) in [5.41, 5.74) is -0.405. The molecule has 2 aromatic carbocycles. The summed E-state index contributed by atoms with van der Waals surface area (Å²) < 4.78 is 51.6. The number of alkyl halides is 3. The molecular weight excluding hydrogens is 435 g/mol. The summed E-state index contributed by atoms with van der Waals surface area (Å²) in [6.07, 6.45) is -13.3. The molecule has 1 heterocycles. The molecule has 1 fully saturated rings. The molecule has 0 spiro atoms. The Labute approximate surface area is 180 Å². The van der Waals surface area contributed by atoms with Gasteiger partial charge in [-0.1, -0.05) is 18.2 Å². The lowest BCUT2D eigenvalue weighted by Gasteiger charge is -2.39. The first-order valence-corrected chi connectivity index (χ1v) is 9.57. The quantitative estimate of drug-likeness (QED) is 0.452. The molecule has 5 N–H and O–H groups in total. The van der Waals surface area contributed by atoms with Gasteiger partial charge in [-0.05, 0) is 35.4 Å². The second kappa shape index (κ2) is 9.43. The number of rotatable bonds is 5. The van der Waals surface area contributed by atoms with Gasteiger partial charge in [0.05, 0.1) is 12.2 Å². The van der Waals surface area contributed by atoms with Crippen LogP contribution in [0.25, 0.3) is 11.1 Å². The highest BCUT2D eigenvalue weighted by Gasteiger charge is 2.45. The van der Waals surface area contributed by atoms with Crippen molar-refractivity contribution in [1.82, 2.24) is 5.32 Å². The maximum Gasteiger partial charge on any atom is 0.419 e. The highest BCUT2D eigenvalue weighted by molar-refractivity contribution is 5.95. The van der Waals surface area contributed by atoms with Crippen LogP contribution in [0.3, 0.4) is 0 Å². The van der Waals surface area contributed by atoms with Gasteiger partial charge >= 0.3 is 6.18 Å². The average Bonchev–Trinajstić information content (AvgIpc) is 2.78. The predicted octanol–water partition coefficient (Wildman–Crippen LogP) is 0.911. The molecule has 1 amide bonds. The van der Waals surface area contributed by atoms with Crippen LogP contribution in [0.15, 0.2) is 42.5 Å². The van der Waals surface area contributed by atoms with Crippen molar-refractivity contribution < 1.29 is 47.9 Å². The molecule has 32 heavy (non-hydrogen) atoms. The lowest BCUT2D eigenvalue weighted by Crippen LogP contribution is -2.60. The fraction of sp³-hybridized carbons (Fsp3) is 0.381. The molecule has 0 saturated carbocycles. The van der Waals surface area contributed by atoms with Crippen molar-refractivity contribution >= 4 is 5.91 Å². The van der Waals surface area contributed by atoms with Crippen molar-refractivity contribution in [3.05, 3.63) is 53.6 Å². The van der Waals surface area contributed by atoms with Gasteiger partial charge in [-0.3, -0.25) is 4.79 Å². The van der Waals surface area contributed by atoms with Gasteiger partial charge in [0.25, 0.3) is 5.91 Å². The summed E-state index contributed by atoms with van der Waals surface area (Å²) in [5.74, 6) is -1.08. The van der Waals surface area contributed by atoms with E-state index in [1.54, 1.807) is 6.07 Å². The lowest BCUT2D eigenvalue weighted by molar-refractivity contribution is -0.278. The molecule has 1 aliphatic heterocycles. The monoisotopic (exact) mass is 457 g/mol. The maximum atomic E-state index is 13.8. The van der Waals surface area contributed by atoms with Gasteiger partial charge in [-0.25, -0.2) is 0 Å². The second-order valence-electron chi connectivity index (χ2n) is 7.18. The van der Waals surface area contributed by atoms with E-state index in [2.05, 4.69) is 5.32 Å². The summed E-state index contributed by atoms with van der Waals surface area (Å²) in [7, 11) is 1.43. The molecule has 8 nitrogen and oxygen atoms in total. The number of benzene rings is 2. The molecule has 3 rings (SSSR count). The summed E-state index contributed by atoms with van der Waals surface area (Å²) in [6, 6.07) is 9.20. The van der Waals surface area contributed by atoms with Gasteiger partial charge in [-0.15, -0.1) is 0 Å². The van der Waals surface area contributed by atoms with Crippen molar-refractivity contribution in [2.45, 2.75) is 36.9 Å². The van der Waals surface area contributed by atoms with E-state index in [1.807, 2.05) is 0 Å². The molecule has 0 aromatic heterocycles. The lowest BCUT2D eigenvalue weighted by atomic mass is 9.98. The van der Waals surface area contributed by atoms with Gasteiger partial charge in [0.1, 0.15) is 30.2 Å². The Hall–Kier alpha value is -2.70. The molecule has 0 bridgehead atoms. The van der Waals surface area contributed by atoms with Gasteiger partial charge < -0.3 is 35.2 Å². The van der Waals surface area contributed by atoms with Crippen LogP contribution in [0, 0.1) is 0 Å². The zero-order valence-corrected chi connectivity index (χ0v) is 16.8. The fourth-order valence-corrected chi connectivity index (χ4v) is 3.31. The molecule has 5 atom stereocenters. The number of aliphatic hydroxyl groups is 4. The standard InChI is InChI=1S/C21H22F3NO7/c1-25-19(30)12-4-2-3-10(7-12)11-5-6-14(13(8-11)21(22,23)24)31-20-18(29)17(28)16(27)15(9-26)32-20/h2-8,15-18,20,26-29H,9H2,1H3,(H,25,30)/t15-,16-,17+,18+,20+/m1/s1. The van der Waals surface area contributed by atoms with E-state index in [-0.39, 0.29) is 11.1 Å². The zero-order valence-electron chi connectivity index (χ0n) is 16.8. The van der Waals surface area contributed by atoms with E-state index in [4.69, 9.17) is 9.47 Å². The summed E-state index contributed by atoms with van der Waals surface area (Å²) in [4.78, 5) is 11.8. The number of nitrogens with one attached hydrogen (secondary N) is 1. The van der Waals surface area contributed by atoms with Crippen LogP contribution in [-0.2, 0) is 10.9 Å². The third kappa shape index (κ3) is 4.87. The summed E-state index contributed by atoms with van der Waals surface area (Å²) in [5, 5.41) is 41.4. The number of ether oxygens (including phenoxy) is 2. The molecule has 1 saturated heterocycles. The number of amides is 1. The first-order chi connectivity index (χ1) is 15.1. The van der Waals surface area contributed by atoms with E-state index in [0.717, 1.165) is 12.1 Å². The number of halogens is 3. The number of carbonyl (C=O) groups is 1. The van der Waals surface area contributed by atoms with Crippen molar-refractivity contribution in [2.75, 3.05) is 13.7 Å². The Morgan fingerprint density at radius 1 is 1.06 bits per heavy atom. The highest BCUT2D eigenvalue weighted by atomic mass is 19.4. The van der Waals surface area contributed by atoms with E-state index < -0.39 is 60.7 Å². The molecule has 1 aliphatic rings. The first kappa shape index (κ1) is 24.0. The van der Waals surface area contributed by atoms with E-state index >= 15 is 0 Å². The number of hydrogen-bond acceptors (Lipinski definition) is 7. The topological polar surface area (TPSA) is 128 Å². The maximum absolute atomic E-state index is 13.8. The van der Waals surface area contributed by atoms with Crippen molar-refractivity contribution in [3.8, 4) is 16.9 Å². The SMILES string of the molecule is CNC(=O)c1cccc(-c2ccc(O[C@H]3O[C@H](CO)[C@@H](O)[C@H](O)[C@@H]3O)c(C(F)(F)F)c2)c1. The molecular formula is C21H22F3NO7. The Bertz CT molecular complexity index is 967. The molecule has 174 valence electrons. The zero-order chi connectivity index (χ0) is 23.6. The van der Waals surface area contributed by atoms with Gasteiger partial charge in [-0.2, -0.15) is 13.2 Å². The summed E-state index contributed by atoms with van der Waals surface area (Å²) in [6.45, 7) is -0.752. The van der Waals surface area contributed by atoms with Crippen molar-refractivity contribution in [1.29, 1.82) is 0 Å². The van der Waals surface area contributed by atoms with Crippen molar-refractivity contribution in [3.63, 3.8) is 0 Å². The summed E-state index contributed by atoms with van der Waals surface area (Å²) >= 11 is 0. The van der Waals surface area contributed by atoms with Gasteiger partial charge in [0.2, 0.25) is 6.29 Å². The third-order valence-electron chi connectivity index (χ3n) is 5.06. The molecule has 0 aliphatic carbocycles. The predicted molar refractivity (Wildman–Crippen MR) is 105 cm³/mol. The van der Waals surface area contributed by atoms with Crippen LogP contribution in [-0.4, -0.2) is 70.7 Å². The number of carbonyl (C=O) groups excluding carboxylic acids is 1. The average molecular weight is 457 g/mol.